The molecule has 2 aliphatic rings. The number of allylic oxidation sites excluding steroid dienone is 4. The average Bonchev–Trinajstić information content (AvgIpc) is 2.74. The Bertz CT molecular complexity index is 982. The molecule has 1 aromatic heterocycles. The van der Waals surface area contributed by atoms with Crippen molar-refractivity contribution in [3.8, 4) is 5.88 Å². The lowest BCUT2D eigenvalue weighted by Crippen LogP contribution is -2.48. The van der Waals surface area contributed by atoms with Gasteiger partial charge >= 0.3 is 10.2 Å². The normalized spacial score (nSPS) is 20.5. The fourth-order valence-electron chi connectivity index (χ4n) is 3.00. The van der Waals surface area contributed by atoms with Crippen LogP contribution >= 0.6 is 11.8 Å². The fraction of sp³-hybridized carbons (Fsp3) is 0.579. The molecule has 2 heterocycles. The second-order valence-corrected chi connectivity index (χ2v) is 10.6. The van der Waals surface area contributed by atoms with E-state index in [-0.39, 0.29) is 29.2 Å². The lowest BCUT2D eigenvalue weighted by Gasteiger charge is -2.27. The molecule has 13 heteroatoms. The summed E-state index contributed by atoms with van der Waals surface area (Å²) < 4.78 is 62.5. The molecule has 1 aliphatic carbocycles. The van der Waals surface area contributed by atoms with E-state index in [4.69, 9.17) is 4.74 Å². The molecule has 178 valence electrons. The van der Waals surface area contributed by atoms with Gasteiger partial charge in [0.15, 0.2) is 11.0 Å². The summed E-state index contributed by atoms with van der Waals surface area (Å²) in [5, 5.41) is 12.7. The summed E-state index contributed by atoms with van der Waals surface area (Å²) in [6.45, 7) is 4.69. The molecular formula is C19H27F2N5O4S2. The second-order valence-electron chi connectivity index (χ2n) is 7.99. The third-order valence-electron chi connectivity index (χ3n) is 4.78. The Morgan fingerprint density at radius 3 is 2.75 bits per heavy atom. The molecule has 1 aliphatic heterocycles. The van der Waals surface area contributed by atoms with E-state index in [0.717, 1.165) is 17.8 Å². The summed E-state index contributed by atoms with van der Waals surface area (Å²) in [6, 6.07) is 1.32. The number of aromatic nitrogens is 2. The van der Waals surface area contributed by atoms with Crippen LogP contribution in [0.4, 0.5) is 14.6 Å². The Morgan fingerprint density at radius 2 is 2.06 bits per heavy atom. The van der Waals surface area contributed by atoms with E-state index in [0.29, 0.717) is 32.6 Å². The van der Waals surface area contributed by atoms with Gasteiger partial charge in [0, 0.05) is 43.9 Å². The van der Waals surface area contributed by atoms with Gasteiger partial charge in [-0.05, 0) is 26.3 Å². The first-order valence-corrected chi connectivity index (χ1v) is 12.5. The number of aliphatic hydroxyl groups is 1. The monoisotopic (exact) mass is 491 g/mol. The predicted octanol–water partition coefficient (Wildman–Crippen LogP) is 2.01. The molecule has 0 bridgehead atoms. The van der Waals surface area contributed by atoms with Crippen LogP contribution in [0.25, 0.3) is 0 Å². The second kappa shape index (κ2) is 10.4. The zero-order chi connectivity index (χ0) is 23.4. The third kappa shape index (κ3) is 6.61. The number of ether oxygens (including phenoxy) is 1. The summed E-state index contributed by atoms with van der Waals surface area (Å²) in [7, 11) is -3.86. The van der Waals surface area contributed by atoms with Crippen LogP contribution in [-0.4, -0.2) is 71.9 Å². The Balaban J connectivity index is 1.81. The van der Waals surface area contributed by atoms with E-state index in [1.54, 1.807) is 19.9 Å². The van der Waals surface area contributed by atoms with Crippen molar-refractivity contribution in [3.05, 3.63) is 29.9 Å². The number of hydrogen-bond acceptors (Lipinski definition) is 8. The van der Waals surface area contributed by atoms with Crippen molar-refractivity contribution >= 4 is 27.8 Å². The molecule has 0 radical (unpaired) electrons. The van der Waals surface area contributed by atoms with Crippen molar-refractivity contribution < 1.29 is 27.0 Å². The van der Waals surface area contributed by atoms with Crippen LogP contribution in [0, 0.1) is 5.92 Å². The molecule has 1 unspecified atom stereocenters. The minimum Gasteiger partial charge on any atom is -0.469 e. The molecule has 1 fully saturated rings. The van der Waals surface area contributed by atoms with Crippen LogP contribution in [0.5, 0.6) is 5.88 Å². The van der Waals surface area contributed by atoms with E-state index >= 15 is 0 Å². The number of piperazine rings is 1. The Hall–Kier alpha value is -1.80. The minimum atomic E-state index is -3.86. The average molecular weight is 492 g/mol. The molecule has 0 spiro atoms. The molecular weight excluding hydrogens is 464 g/mol. The highest BCUT2D eigenvalue weighted by Gasteiger charge is 2.26. The van der Waals surface area contributed by atoms with Crippen LogP contribution in [0.3, 0.4) is 0 Å². The number of thioether (sulfide) groups is 1. The van der Waals surface area contributed by atoms with E-state index in [1.165, 1.54) is 10.4 Å². The zero-order valence-corrected chi connectivity index (χ0v) is 19.5. The zero-order valence-electron chi connectivity index (χ0n) is 17.8. The number of aliphatic hydroxyl groups excluding tert-OH is 1. The van der Waals surface area contributed by atoms with E-state index in [2.05, 4.69) is 20.0 Å². The highest BCUT2D eigenvalue weighted by molar-refractivity contribution is 7.99. The van der Waals surface area contributed by atoms with Gasteiger partial charge in [-0.1, -0.05) is 17.8 Å². The molecule has 32 heavy (non-hydrogen) atoms. The van der Waals surface area contributed by atoms with Crippen molar-refractivity contribution in [2.24, 2.45) is 5.92 Å². The van der Waals surface area contributed by atoms with Crippen LogP contribution < -0.4 is 14.8 Å². The Kier molecular flexibility index (Phi) is 8.09. The van der Waals surface area contributed by atoms with Gasteiger partial charge in [0.2, 0.25) is 5.88 Å². The Morgan fingerprint density at radius 1 is 1.34 bits per heavy atom. The van der Waals surface area contributed by atoms with Gasteiger partial charge in [-0.2, -0.15) is 17.7 Å². The predicted molar refractivity (Wildman–Crippen MR) is 118 cm³/mol. The molecule has 0 saturated carbocycles. The maximum Gasteiger partial charge on any atom is 0.302 e. The summed E-state index contributed by atoms with van der Waals surface area (Å²) in [6.07, 6.45) is 2.99. The summed E-state index contributed by atoms with van der Waals surface area (Å²) >= 11 is 1.06. The Labute approximate surface area is 190 Å². The number of rotatable bonds is 9. The van der Waals surface area contributed by atoms with Crippen LogP contribution in [0.2, 0.25) is 0 Å². The van der Waals surface area contributed by atoms with Gasteiger partial charge in [0.25, 0.3) is 0 Å². The number of anilines is 1. The molecule has 1 atom stereocenters. The minimum absolute atomic E-state index is 0.0180. The van der Waals surface area contributed by atoms with Crippen molar-refractivity contribution in [3.63, 3.8) is 0 Å². The van der Waals surface area contributed by atoms with Gasteiger partial charge < -0.3 is 15.2 Å². The SMILES string of the molecule is CC(C)(CO)Oc1cc(NS(=O)(=O)N2CCNCC2)nc(SCC2CC=CC(F)=C2F)n1. The first-order valence-electron chi connectivity index (χ1n) is 10.1. The molecule has 3 rings (SSSR count). The van der Waals surface area contributed by atoms with Crippen molar-refractivity contribution in [1.82, 2.24) is 19.6 Å². The molecule has 9 nitrogen and oxygen atoms in total. The topological polar surface area (TPSA) is 117 Å². The first kappa shape index (κ1) is 24.8. The number of nitrogens with zero attached hydrogens (tertiary/aromatic N) is 3. The molecule has 1 saturated heterocycles. The third-order valence-corrected chi connectivity index (χ3v) is 7.30. The van der Waals surface area contributed by atoms with Crippen molar-refractivity contribution in [1.29, 1.82) is 0 Å². The summed E-state index contributed by atoms with van der Waals surface area (Å²) in [5.41, 5.74) is -0.975. The summed E-state index contributed by atoms with van der Waals surface area (Å²) in [4.78, 5) is 8.47. The van der Waals surface area contributed by atoms with Crippen LogP contribution in [0.15, 0.2) is 35.0 Å². The lowest BCUT2D eigenvalue weighted by atomic mass is 10.0. The highest BCUT2D eigenvalue weighted by atomic mass is 32.2. The molecule has 0 amide bonds. The lowest BCUT2D eigenvalue weighted by molar-refractivity contribution is 0.0367. The van der Waals surface area contributed by atoms with E-state index in [1.807, 2.05) is 0 Å². The van der Waals surface area contributed by atoms with Gasteiger partial charge in [-0.3, -0.25) is 4.72 Å². The first-order chi connectivity index (χ1) is 15.1. The van der Waals surface area contributed by atoms with Gasteiger partial charge in [-0.25, -0.2) is 13.8 Å². The maximum absolute atomic E-state index is 14.0. The molecule has 0 aromatic carbocycles. The van der Waals surface area contributed by atoms with Crippen molar-refractivity contribution in [2.75, 3.05) is 43.3 Å². The standard InChI is InChI=1S/C19H27F2N5O4S2/c1-19(2,12-27)30-16-10-15(25-32(28,29)26-8-6-22-7-9-26)23-18(24-16)31-11-13-4-3-5-14(20)17(13)21/h3,5,10,13,22,27H,4,6-9,11-12H2,1-2H3,(H,23,24,25). The fourth-order valence-corrected chi connectivity index (χ4v) is 5.11. The quantitative estimate of drug-likeness (QED) is 0.355. The number of hydrogen-bond donors (Lipinski definition) is 3. The smallest absolute Gasteiger partial charge is 0.302 e. The van der Waals surface area contributed by atoms with E-state index in [9.17, 15) is 22.3 Å². The maximum atomic E-state index is 14.0. The van der Waals surface area contributed by atoms with Gasteiger partial charge in [0.1, 0.15) is 17.2 Å². The number of nitrogens with one attached hydrogen (secondary N) is 2. The summed E-state index contributed by atoms with van der Waals surface area (Å²) in [5.74, 6) is -2.21. The molecule has 3 N–H and O–H groups in total. The highest BCUT2D eigenvalue weighted by Crippen LogP contribution is 2.33. The van der Waals surface area contributed by atoms with Crippen LogP contribution in [-0.2, 0) is 10.2 Å². The molecule has 1 aromatic rings. The largest absolute Gasteiger partial charge is 0.469 e. The van der Waals surface area contributed by atoms with Gasteiger partial charge in [0.05, 0.1) is 6.61 Å². The van der Waals surface area contributed by atoms with Gasteiger partial charge in [-0.15, -0.1) is 0 Å². The number of halogens is 2. The van der Waals surface area contributed by atoms with Crippen LogP contribution in [0.1, 0.15) is 20.3 Å². The van der Waals surface area contributed by atoms with Crippen molar-refractivity contribution in [2.45, 2.75) is 31.0 Å². The van der Waals surface area contributed by atoms with E-state index < -0.39 is 33.4 Å².